The first-order valence-corrected chi connectivity index (χ1v) is 17.3. The molecule has 49 heavy (non-hydrogen) atoms. The van der Waals surface area contributed by atoms with E-state index >= 15 is 4.39 Å². The van der Waals surface area contributed by atoms with Crippen LogP contribution in [0.15, 0.2) is 36.5 Å². The molecular weight excluding hydrogens is 634 g/mol. The van der Waals surface area contributed by atoms with Gasteiger partial charge in [-0.05, 0) is 55.5 Å². The highest BCUT2D eigenvalue weighted by molar-refractivity contribution is 6.02. The number of ether oxygens (including phenoxy) is 1. The van der Waals surface area contributed by atoms with E-state index in [1.807, 2.05) is 4.90 Å². The van der Waals surface area contributed by atoms with E-state index < -0.39 is 29.6 Å². The number of terminal acetylenes is 1. The molecule has 4 atom stereocenters. The van der Waals surface area contributed by atoms with Crippen LogP contribution in [0.1, 0.15) is 56.3 Å². The number of alkyl halides is 2. The summed E-state index contributed by atoms with van der Waals surface area (Å²) in [5.74, 6) is -0.966. The maximum Gasteiger partial charge on any atom is 0.252 e. The second-order valence-corrected chi connectivity index (χ2v) is 14.3. The summed E-state index contributed by atoms with van der Waals surface area (Å²) in [4.78, 5) is 18.5. The van der Waals surface area contributed by atoms with Crippen molar-refractivity contribution >= 4 is 27.5 Å². The average molecular weight is 674 g/mol. The van der Waals surface area contributed by atoms with Crippen LogP contribution in [0.2, 0.25) is 0 Å². The number of likely N-dealkylation sites (tertiary alicyclic amines) is 1. The largest absolute Gasteiger partial charge is 0.389 e. The number of hydrogen-bond donors (Lipinski definition) is 1. The van der Waals surface area contributed by atoms with Gasteiger partial charge < -0.3 is 14.7 Å². The van der Waals surface area contributed by atoms with Gasteiger partial charge in [-0.25, -0.2) is 27.5 Å². The Kier molecular flexibility index (Phi) is 8.24. The third-order valence-electron chi connectivity index (χ3n) is 11.3. The molecule has 0 bridgehead atoms. The van der Waals surface area contributed by atoms with Crippen molar-refractivity contribution in [3.05, 3.63) is 59.6 Å². The lowest BCUT2D eigenvalue weighted by Gasteiger charge is -2.47. The number of aryl methyl sites for hydroxylation is 1. The molecule has 4 fully saturated rings. The summed E-state index contributed by atoms with van der Waals surface area (Å²) in [7, 11) is 0. The number of aromatic nitrogens is 3. The molecule has 2 aromatic heterocycles. The molecule has 0 spiro atoms. The molecule has 2 saturated heterocycles. The van der Waals surface area contributed by atoms with Crippen LogP contribution in [0, 0.1) is 35.3 Å². The summed E-state index contributed by atoms with van der Waals surface area (Å²) in [6, 6.07) is 8.37. The van der Waals surface area contributed by atoms with E-state index in [-0.39, 0.29) is 47.8 Å². The van der Waals surface area contributed by atoms with Crippen LogP contribution in [0.5, 0.6) is 0 Å². The second kappa shape index (κ2) is 12.5. The van der Waals surface area contributed by atoms with Crippen LogP contribution < -0.4 is 4.90 Å². The minimum absolute atomic E-state index is 0.00397. The molecule has 2 aromatic carbocycles. The first-order valence-electron chi connectivity index (χ1n) is 17.3. The van der Waals surface area contributed by atoms with Crippen LogP contribution >= 0.6 is 0 Å². The number of anilines is 1. The quantitative estimate of drug-likeness (QED) is 0.177. The van der Waals surface area contributed by atoms with Crippen molar-refractivity contribution in [2.75, 3.05) is 44.3 Å². The molecule has 8 rings (SSSR count). The number of piperidine rings is 1. The predicted octanol–water partition coefficient (Wildman–Crippen LogP) is 6.52. The van der Waals surface area contributed by atoms with E-state index in [9.17, 15) is 18.3 Å². The summed E-state index contributed by atoms with van der Waals surface area (Å²) in [5.41, 5.74) is 0.454. The highest BCUT2D eigenvalue weighted by Gasteiger charge is 2.58. The fourth-order valence-electron chi connectivity index (χ4n) is 8.82. The number of halogens is 4. The van der Waals surface area contributed by atoms with Gasteiger partial charge in [0.05, 0.1) is 30.3 Å². The van der Waals surface area contributed by atoms with Crippen LogP contribution in [0.3, 0.4) is 0 Å². The van der Waals surface area contributed by atoms with Gasteiger partial charge in [0, 0.05) is 61.6 Å². The molecule has 256 valence electrons. The number of pyridine rings is 1. The van der Waals surface area contributed by atoms with Crippen molar-refractivity contribution in [1.29, 1.82) is 0 Å². The number of fused-ring (bicyclic) bond motifs is 3. The zero-order chi connectivity index (χ0) is 33.9. The number of benzene rings is 2. The molecule has 4 unspecified atom stereocenters. The third-order valence-corrected chi connectivity index (χ3v) is 11.3. The van der Waals surface area contributed by atoms with Crippen LogP contribution in [0.4, 0.5) is 23.4 Å². The number of rotatable bonds is 7. The second-order valence-electron chi connectivity index (χ2n) is 14.3. The van der Waals surface area contributed by atoms with Gasteiger partial charge in [-0.1, -0.05) is 36.6 Å². The minimum atomic E-state index is -2.54. The van der Waals surface area contributed by atoms with Crippen molar-refractivity contribution < 1.29 is 27.4 Å². The lowest BCUT2D eigenvalue weighted by Crippen LogP contribution is -2.50. The molecule has 2 aliphatic heterocycles. The molecule has 2 saturated carbocycles. The van der Waals surface area contributed by atoms with E-state index in [4.69, 9.17) is 21.1 Å². The number of nitrogens with zero attached hydrogens (tertiary/aromatic N) is 5. The maximum absolute atomic E-state index is 16.9. The van der Waals surface area contributed by atoms with Gasteiger partial charge in [0.25, 0.3) is 5.92 Å². The Hall–Kier alpha value is -3.85. The molecule has 4 heterocycles. The van der Waals surface area contributed by atoms with Crippen LogP contribution in [0.25, 0.3) is 32.9 Å². The summed E-state index contributed by atoms with van der Waals surface area (Å²) in [5, 5.41) is 12.0. The molecule has 7 nitrogen and oxygen atoms in total. The lowest BCUT2D eigenvalue weighted by atomic mass is 9.71. The molecule has 0 amide bonds. The predicted molar refractivity (Wildman–Crippen MR) is 179 cm³/mol. The molecule has 1 N–H and O–H groups in total. The number of β-amino-alcohol motifs (C(OH)–C–C–N with tert-alkyl or cyclic N) is 1. The van der Waals surface area contributed by atoms with Crippen molar-refractivity contribution in [2.24, 2.45) is 11.3 Å². The van der Waals surface area contributed by atoms with Gasteiger partial charge in [-0.15, -0.1) is 6.42 Å². The number of hydrogen-bond acceptors (Lipinski definition) is 7. The summed E-state index contributed by atoms with van der Waals surface area (Å²) in [6.07, 6.45) is 12.8. The smallest absolute Gasteiger partial charge is 0.252 e. The first kappa shape index (κ1) is 32.4. The Balaban J connectivity index is 1.19. The molecule has 0 radical (unpaired) electrons. The summed E-state index contributed by atoms with van der Waals surface area (Å²) >= 11 is 0. The number of aliphatic hydroxyl groups excluding tert-OH is 1. The van der Waals surface area contributed by atoms with E-state index in [1.54, 1.807) is 24.3 Å². The monoisotopic (exact) mass is 673 g/mol. The average Bonchev–Trinajstić information content (AvgIpc) is 3.56. The van der Waals surface area contributed by atoms with Gasteiger partial charge in [-0.2, -0.15) is 0 Å². The fraction of sp³-hybridized carbons (Fsp3) is 0.500. The van der Waals surface area contributed by atoms with Crippen LogP contribution in [-0.2, 0) is 11.2 Å². The summed E-state index contributed by atoms with van der Waals surface area (Å²) < 4.78 is 65.1. The first-order chi connectivity index (χ1) is 23.7. The van der Waals surface area contributed by atoms with Crippen molar-refractivity contribution in [3.63, 3.8) is 0 Å². The zero-order valence-electron chi connectivity index (χ0n) is 27.3. The zero-order valence-corrected chi connectivity index (χ0v) is 27.3. The molecule has 4 aromatic rings. The Bertz CT molecular complexity index is 1970. The summed E-state index contributed by atoms with van der Waals surface area (Å²) in [6.45, 7) is 2.52. The fourth-order valence-corrected chi connectivity index (χ4v) is 8.82. The maximum atomic E-state index is 16.9. The highest BCUT2D eigenvalue weighted by Crippen LogP contribution is 2.54. The Morgan fingerprint density at radius 2 is 1.92 bits per heavy atom. The topological polar surface area (TPSA) is 74.6 Å². The normalized spacial score (nSPS) is 26.9. The molecule has 4 aliphatic rings. The van der Waals surface area contributed by atoms with E-state index in [2.05, 4.69) is 15.8 Å². The Labute approximate surface area is 282 Å². The molecule has 11 heteroatoms. The van der Waals surface area contributed by atoms with Gasteiger partial charge in [0.15, 0.2) is 5.82 Å². The Morgan fingerprint density at radius 1 is 1.08 bits per heavy atom. The van der Waals surface area contributed by atoms with Crippen LogP contribution in [-0.4, -0.2) is 82.4 Å². The standard InChI is InChI=1S/C38H39F4N5O2/c1-2-26-29(39)10-9-23-6-3-7-27(32(23)26)34-33(40)35-28(19-43-34)36(47-16-17-49-22-25(48)21-47)45-31(44-35)11-14-37-12-4-8-30(37)46(15-5-13-37)20-24-18-38(24,41)42/h1,3,6-7,9-10,19,24-25,30,48H,4-5,8,11-18,20-22H2. The van der Waals surface area contributed by atoms with Crippen molar-refractivity contribution in [1.82, 2.24) is 19.9 Å². The molecule has 2 aliphatic carbocycles. The van der Waals surface area contributed by atoms with Gasteiger partial charge >= 0.3 is 0 Å². The lowest BCUT2D eigenvalue weighted by molar-refractivity contribution is 0.0131. The number of aliphatic hydroxyl groups is 1. The third kappa shape index (κ3) is 5.81. The highest BCUT2D eigenvalue weighted by atomic mass is 19.3. The molecular formula is C38H39F4N5O2. The van der Waals surface area contributed by atoms with Crippen molar-refractivity contribution in [3.8, 4) is 23.6 Å². The van der Waals surface area contributed by atoms with E-state index in [0.717, 1.165) is 45.1 Å². The van der Waals surface area contributed by atoms with E-state index in [1.165, 1.54) is 12.3 Å². The minimum Gasteiger partial charge on any atom is -0.389 e. The Morgan fingerprint density at radius 3 is 2.73 bits per heavy atom. The van der Waals surface area contributed by atoms with E-state index in [0.29, 0.717) is 59.5 Å². The van der Waals surface area contributed by atoms with Gasteiger partial charge in [0.2, 0.25) is 0 Å². The van der Waals surface area contributed by atoms with Gasteiger partial charge in [-0.3, -0.25) is 9.88 Å². The van der Waals surface area contributed by atoms with Gasteiger partial charge in [0.1, 0.15) is 28.7 Å². The van der Waals surface area contributed by atoms with Crippen molar-refractivity contribution in [2.45, 2.75) is 69.4 Å². The SMILES string of the molecule is C#Cc1c(F)ccc2cccc(-c3ncc4c(N5CCOCC(O)C5)nc(CCC56CCCC5N(CC5CC5(F)F)CCC6)nc4c3F)c12.